The first kappa shape index (κ1) is 9.18. The van der Waals surface area contributed by atoms with Gasteiger partial charge in [-0.05, 0) is 6.07 Å². The first-order valence-electron chi connectivity index (χ1n) is 5.01. The van der Waals surface area contributed by atoms with Crippen molar-refractivity contribution in [3.8, 4) is 5.75 Å². The van der Waals surface area contributed by atoms with Gasteiger partial charge in [0.25, 0.3) is 0 Å². The van der Waals surface area contributed by atoms with E-state index in [1.165, 1.54) is 6.07 Å². The van der Waals surface area contributed by atoms with Crippen LogP contribution in [0.2, 0.25) is 0 Å². The van der Waals surface area contributed by atoms with Gasteiger partial charge in [0.2, 0.25) is 0 Å². The highest BCUT2D eigenvalue weighted by atomic mass is 16.5. The quantitative estimate of drug-likeness (QED) is 0.705. The number of hydrogen-bond donors (Lipinski definition) is 2. The fourth-order valence-electron chi connectivity index (χ4n) is 2.00. The third-order valence-electron chi connectivity index (χ3n) is 2.73. The number of aromatic hydroxyl groups is 1. The lowest BCUT2D eigenvalue weighted by atomic mass is 10.0. The summed E-state index contributed by atoms with van der Waals surface area (Å²) in [5, 5.41) is 21.5. The summed E-state index contributed by atoms with van der Waals surface area (Å²) in [6.45, 7) is 0.429. The van der Waals surface area contributed by atoms with E-state index < -0.39 is 0 Å². The molecule has 0 saturated carbocycles. The Kier molecular flexibility index (Phi) is 1.84. The number of phenolic OH excluding ortho intramolecular Hbond substituents is 1. The second-order valence-corrected chi connectivity index (χ2v) is 3.71. The Bertz CT molecular complexity index is 593. The van der Waals surface area contributed by atoms with E-state index in [0.717, 1.165) is 16.0 Å². The van der Waals surface area contributed by atoms with Gasteiger partial charge in [0.05, 0.1) is 12.2 Å². The summed E-state index contributed by atoms with van der Waals surface area (Å²) in [7, 11) is 0. The number of pyridine rings is 1. The van der Waals surface area contributed by atoms with E-state index in [4.69, 9.17) is 0 Å². The van der Waals surface area contributed by atoms with Crippen LogP contribution in [0.1, 0.15) is 5.56 Å². The average molecular weight is 214 g/mol. The number of benzene rings is 1. The zero-order valence-electron chi connectivity index (χ0n) is 8.46. The van der Waals surface area contributed by atoms with Crippen molar-refractivity contribution in [2.75, 3.05) is 11.6 Å². The summed E-state index contributed by atoms with van der Waals surface area (Å²) in [4.78, 5) is 4.13. The van der Waals surface area contributed by atoms with Gasteiger partial charge in [-0.3, -0.25) is 15.3 Å². The van der Waals surface area contributed by atoms with Gasteiger partial charge in [-0.1, -0.05) is 18.2 Å². The van der Waals surface area contributed by atoms with E-state index in [-0.39, 0.29) is 5.75 Å². The van der Waals surface area contributed by atoms with Crippen LogP contribution in [0, 0.1) is 0 Å². The molecule has 3 rings (SSSR count). The normalized spacial score (nSPS) is 14.2. The monoisotopic (exact) mass is 214 g/mol. The molecule has 2 heterocycles. The molecule has 0 amide bonds. The van der Waals surface area contributed by atoms with Crippen molar-refractivity contribution < 1.29 is 10.3 Å². The molecule has 80 valence electrons. The molecule has 2 N–H and O–H groups in total. The Morgan fingerprint density at radius 3 is 3.12 bits per heavy atom. The molecule has 1 aliphatic rings. The average Bonchev–Trinajstić information content (AvgIpc) is 2.31. The molecular formula is C12H10N2O2. The van der Waals surface area contributed by atoms with Crippen LogP contribution in [0.5, 0.6) is 5.75 Å². The van der Waals surface area contributed by atoms with E-state index in [9.17, 15) is 10.3 Å². The van der Waals surface area contributed by atoms with Crippen LogP contribution in [0.15, 0.2) is 30.5 Å². The molecule has 0 bridgehead atoms. The Labute approximate surface area is 92.0 Å². The fourth-order valence-corrected chi connectivity index (χ4v) is 2.00. The maximum absolute atomic E-state index is 9.82. The van der Waals surface area contributed by atoms with Gasteiger partial charge in [0.1, 0.15) is 11.3 Å². The second-order valence-electron chi connectivity index (χ2n) is 3.71. The summed E-state index contributed by atoms with van der Waals surface area (Å²) in [5.41, 5.74) is 2.05. The molecule has 0 atom stereocenters. The number of aromatic nitrogens is 1. The molecule has 0 unspecified atom stereocenters. The largest absolute Gasteiger partial charge is 0.506 e. The zero-order chi connectivity index (χ0) is 11.1. The minimum absolute atomic E-state index is 0.0868. The first-order valence-corrected chi connectivity index (χ1v) is 5.01. The predicted molar refractivity (Wildman–Crippen MR) is 61.6 cm³/mol. The standard InChI is InChI=1S/C12H10N2O2/c15-11-7-10-8(4-2-6-14(10)16)9-3-1-5-13-12(9)11/h1-5,7,15-16H,6H2. The molecule has 0 aliphatic carbocycles. The van der Waals surface area contributed by atoms with E-state index in [2.05, 4.69) is 4.98 Å². The maximum atomic E-state index is 9.82. The minimum atomic E-state index is 0.0868. The van der Waals surface area contributed by atoms with Crippen molar-refractivity contribution in [3.63, 3.8) is 0 Å². The number of hydrogen-bond acceptors (Lipinski definition) is 4. The Morgan fingerprint density at radius 2 is 2.25 bits per heavy atom. The number of fused-ring (bicyclic) bond motifs is 3. The lowest BCUT2D eigenvalue weighted by Crippen LogP contribution is -2.21. The van der Waals surface area contributed by atoms with E-state index >= 15 is 0 Å². The highest BCUT2D eigenvalue weighted by Gasteiger charge is 2.16. The van der Waals surface area contributed by atoms with E-state index in [1.807, 2.05) is 24.3 Å². The Hall–Kier alpha value is -2.07. The Balaban J connectivity index is 2.44. The van der Waals surface area contributed by atoms with Gasteiger partial charge < -0.3 is 5.11 Å². The van der Waals surface area contributed by atoms with Crippen LogP contribution in [0.4, 0.5) is 5.69 Å². The number of hydroxylamine groups is 1. The second kappa shape index (κ2) is 3.21. The molecule has 0 radical (unpaired) electrons. The highest BCUT2D eigenvalue weighted by molar-refractivity contribution is 5.98. The third kappa shape index (κ3) is 1.17. The number of rotatable bonds is 0. The van der Waals surface area contributed by atoms with Crippen LogP contribution in [-0.4, -0.2) is 21.8 Å². The van der Waals surface area contributed by atoms with Gasteiger partial charge in [-0.15, -0.1) is 0 Å². The first-order chi connectivity index (χ1) is 7.77. The molecule has 1 aromatic heterocycles. The summed E-state index contributed by atoms with van der Waals surface area (Å²) in [6, 6.07) is 5.23. The van der Waals surface area contributed by atoms with Gasteiger partial charge in [0, 0.05) is 23.2 Å². The minimum Gasteiger partial charge on any atom is -0.506 e. The van der Waals surface area contributed by atoms with E-state index in [1.54, 1.807) is 6.20 Å². The molecule has 0 fully saturated rings. The molecule has 2 aromatic rings. The van der Waals surface area contributed by atoms with Crippen LogP contribution >= 0.6 is 0 Å². The zero-order valence-corrected chi connectivity index (χ0v) is 8.46. The number of phenols is 1. The summed E-state index contributed by atoms with van der Waals surface area (Å²) >= 11 is 0. The molecule has 0 saturated heterocycles. The van der Waals surface area contributed by atoms with Crippen molar-refractivity contribution in [2.45, 2.75) is 0 Å². The lowest BCUT2D eigenvalue weighted by Gasteiger charge is -2.22. The lowest BCUT2D eigenvalue weighted by molar-refractivity contribution is 0.265. The van der Waals surface area contributed by atoms with Crippen molar-refractivity contribution in [3.05, 3.63) is 36.0 Å². The van der Waals surface area contributed by atoms with Gasteiger partial charge in [-0.2, -0.15) is 0 Å². The third-order valence-corrected chi connectivity index (χ3v) is 2.73. The topological polar surface area (TPSA) is 56.6 Å². The highest BCUT2D eigenvalue weighted by Crippen LogP contribution is 2.36. The van der Waals surface area contributed by atoms with Gasteiger partial charge >= 0.3 is 0 Å². The molecule has 4 nitrogen and oxygen atoms in total. The predicted octanol–water partition coefficient (Wildman–Crippen LogP) is 2.16. The smallest absolute Gasteiger partial charge is 0.143 e. The Morgan fingerprint density at radius 1 is 1.38 bits per heavy atom. The van der Waals surface area contributed by atoms with Crippen LogP contribution in [0.3, 0.4) is 0 Å². The van der Waals surface area contributed by atoms with E-state index in [0.29, 0.717) is 17.7 Å². The number of nitrogens with zero attached hydrogens (tertiary/aromatic N) is 2. The summed E-state index contributed by atoms with van der Waals surface area (Å²) in [5.74, 6) is 0.0868. The van der Waals surface area contributed by atoms with Crippen molar-refractivity contribution >= 4 is 22.7 Å². The van der Waals surface area contributed by atoms with Crippen LogP contribution in [-0.2, 0) is 0 Å². The van der Waals surface area contributed by atoms with Crippen molar-refractivity contribution in [1.82, 2.24) is 4.98 Å². The SMILES string of the molecule is Oc1cc2c(c3cccnc13)C=CCN2O. The summed E-state index contributed by atoms with van der Waals surface area (Å²) < 4.78 is 0. The molecule has 1 aromatic carbocycles. The van der Waals surface area contributed by atoms with Crippen molar-refractivity contribution in [1.29, 1.82) is 0 Å². The van der Waals surface area contributed by atoms with Gasteiger partial charge in [-0.25, -0.2) is 0 Å². The van der Waals surface area contributed by atoms with Crippen LogP contribution in [0.25, 0.3) is 17.0 Å². The van der Waals surface area contributed by atoms with Crippen LogP contribution < -0.4 is 5.06 Å². The number of anilines is 1. The molecule has 0 spiro atoms. The fraction of sp³-hybridized carbons (Fsp3) is 0.0833. The molecule has 16 heavy (non-hydrogen) atoms. The van der Waals surface area contributed by atoms with Gasteiger partial charge in [0.15, 0.2) is 0 Å². The maximum Gasteiger partial charge on any atom is 0.143 e. The summed E-state index contributed by atoms with van der Waals surface area (Å²) in [6.07, 6.45) is 5.44. The molecule has 4 heteroatoms. The van der Waals surface area contributed by atoms with Crippen molar-refractivity contribution in [2.24, 2.45) is 0 Å². The molecular weight excluding hydrogens is 204 g/mol. The molecule has 1 aliphatic heterocycles.